The minimum absolute atomic E-state index is 0.233. The van der Waals surface area contributed by atoms with Gasteiger partial charge in [-0.3, -0.25) is 4.68 Å². The molecule has 3 unspecified atom stereocenters. The Morgan fingerprint density at radius 2 is 2.18 bits per heavy atom. The second-order valence-corrected chi connectivity index (χ2v) is 5.24. The van der Waals surface area contributed by atoms with E-state index in [2.05, 4.69) is 24.2 Å². The van der Waals surface area contributed by atoms with Gasteiger partial charge in [-0.2, -0.15) is 5.10 Å². The summed E-state index contributed by atoms with van der Waals surface area (Å²) in [5.41, 5.74) is 2.16. The zero-order valence-corrected chi connectivity index (χ0v) is 10.3. The van der Waals surface area contributed by atoms with E-state index in [-0.39, 0.29) is 6.10 Å². The van der Waals surface area contributed by atoms with Gasteiger partial charge in [0.05, 0.1) is 17.3 Å². The van der Waals surface area contributed by atoms with E-state index in [0.717, 1.165) is 17.6 Å². The molecule has 0 spiro atoms. The summed E-state index contributed by atoms with van der Waals surface area (Å²) in [7, 11) is 1.96. The first-order chi connectivity index (χ1) is 8.16. The lowest BCUT2D eigenvalue weighted by atomic mass is 10.1. The number of aliphatic hydroxyl groups excluding tert-OH is 1. The van der Waals surface area contributed by atoms with E-state index in [1.54, 1.807) is 0 Å². The third kappa shape index (κ3) is 1.84. The third-order valence-corrected chi connectivity index (χ3v) is 3.90. The van der Waals surface area contributed by atoms with Crippen LogP contribution in [-0.2, 0) is 13.5 Å². The molecule has 0 bridgehead atoms. The van der Waals surface area contributed by atoms with Gasteiger partial charge in [-0.15, -0.1) is 0 Å². The van der Waals surface area contributed by atoms with E-state index in [1.165, 1.54) is 5.39 Å². The summed E-state index contributed by atoms with van der Waals surface area (Å²) in [4.78, 5) is 0. The maximum Gasteiger partial charge on any atom is 0.0729 e. The topological polar surface area (TPSA) is 38.1 Å². The number of hydrogen-bond donors (Lipinski definition) is 1. The van der Waals surface area contributed by atoms with Crippen molar-refractivity contribution < 1.29 is 5.11 Å². The molecule has 1 heterocycles. The van der Waals surface area contributed by atoms with E-state index >= 15 is 0 Å². The van der Waals surface area contributed by atoms with Gasteiger partial charge in [0.15, 0.2) is 0 Å². The van der Waals surface area contributed by atoms with Crippen molar-refractivity contribution in [2.75, 3.05) is 0 Å². The molecule has 3 atom stereocenters. The van der Waals surface area contributed by atoms with Crippen LogP contribution < -0.4 is 0 Å². The molecule has 1 aromatic heterocycles. The molecule has 0 amide bonds. The molecule has 0 saturated heterocycles. The molecule has 1 aromatic carbocycles. The van der Waals surface area contributed by atoms with Crippen molar-refractivity contribution in [1.29, 1.82) is 0 Å². The number of aryl methyl sites for hydroxylation is 1. The van der Waals surface area contributed by atoms with Crippen LogP contribution in [-0.4, -0.2) is 21.0 Å². The van der Waals surface area contributed by atoms with E-state index < -0.39 is 0 Å². The molecule has 1 aliphatic rings. The maximum absolute atomic E-state index is 10.1. The molecule has 2 aromatic rings. The quantitative estimate of drug-likeness (QED) is 0.877. The van der Waals surface area contributed by atoms with Gasteiger partial charge in [-0.05, 0) is 24.3 Å². The predicted molar refractivity (Wildman–Crippen MR) is 67.7 cm³/mol. The third-order valence-electron chi connectivity index (χ3n) is 3.90. The van der Waals surface area contributed by atoms with E-state index in [9.17, 15) is 5.11 Å². The minimum Gasteiger partial charge on any atom is -0.392 e. The van der Waals surface area contributed by atoms with Gasteiger partial charge in [-0.25, -0.2) is 0 Å². The number of hydrogen-bond acceptors (Lipinski definition) is 2. The Hall–Kier alpha value is -1.35. The van der Waals surface area contributed by atoms with Crippen molar-refractivity contribution in [3.63, 3.8) is 0 Å². The summed E-state index contributed by atoms with van der Waals surface area (Å²) in [5, 5.41) is 15.8. The summed E-state index contributed by atoms with van der Waals surface area (Å²) >= 11 is 0. The molecule has 17 heavy (non-hydrogen) atoms. The molecule has 1 fully saturated rings. The van der Waals surface area contributed by atoms with Crippen molar-refractivity contribution in [2.45, 2.75) is 25.9 Å². The Morgan fingerprint density at radius 3 is 2.88 bits per heavy atom. The SMILES string of the molecule is CC1CC1C(O)Cc1nn(C)c2ccccc12. The number of para-hydroxylation sites is 1. The fraction of sp³-hybridized carbons (Fsp3) is 0.500. The molecule has 90 valence electrons. The van der Waals surface area contributed by atoms with E-state index in [4.69, 9.17) is 0 Å². The first-order valence-electron chi connectivity index (χ1n) is 6.25. The van der Waals surface area contributed by atoms with Crippen molar-refractivity contribution in [3.05, 3.63) is 30.0 Å². The second-order valence-electron chi connectivity index (χ2n) is 5.24. The van der Waals surface area contributed by atoms with E-state index in [1.807, 2.05) is 23.9 Å². The van der Waals surface area contributed by atoms with Gasteiger partial charge < -0.3 is 5.11 Å². The smallest absolute Gasteiger partial charge is 0.0729 e. The van der Waals surface area contributed by atoms with Crippen LogP contribution in [0.3, 0.4) is 0 Å². The van der Waals surface area contributed by atoms with Crippen LogP contribution in [0.2, 0.25) is 0 Å². The fourth-order valence-electron chi connectivity index (χ4n) is 2.68. The summed E-state index contributed by atoms with van der Waals surface area (Å²) in [6.07, 6.45) is 1.60. The van der Waals surface area contributed by atoms with Crippen LogP contribution in [0.25, 0.3) is 10.9 Å². The summed E-state index contributed by atoms with van der Waals surface area (Å²) in [6, 6.07) is 8.20. The Kier molecular flexibility index (Phi) is 2.44. The molecule has 0 aliphatic heterocycles. The number of aliphatic hydroxyl groups is 1. The van der Waals surface area contributed by atoms with Crippen LogP contribution in [0.15, 0.2) is 24.3 Å². The first-order valence-corrected chi connectivity index (χ1v) is 6.25. The Balaban J connectivity index is 1.90. The lowest BCUT2D eigenvalue weighted by molar-refractivity contribution is 0.145. The van der Waals surface area contributed by atoms with Gasteiger partial charge >= 0.3 is 0 Å². The molecule has 0 radical (unpaired) electrons. The van der Waals surface area contributed by atoms with Crippen molar-refractivity contribution >= 4 is 10.9 Å². The number of aromatic nitrogens is 2. The van der Waals surface area contributed by atoms with Gasteiger partial charge in [0.1, 0.15) is 0 Å². The highest BCUT2D eigenvalue weighted by Gasteiger charge is 2.38. The van der Waals surface area contributed by atoms with Crippen LogP contribution in [0.4, 0.5) is 0 Å². The molecular weight excluding hydrogens is 212 g/mol. The lowest BCUT2D eigenvalue weighted by Gasteiger charge is -2.07. The normalized spacial score (nSPS) is 25.1. The maximum atomic E-state index is 10.1. The predicted octanol–water partition coefficient (Wildman–Crippen LogP) is 2.13. The summed E-state index contributed by atoms with van der Waals surface area (Å²) in [6.45, 7) is 2.20. The molecule has 1 saturated carbocycles. The van der Waals surface area contributed by atoms with Gasteiger partial charge in [0, 0.05) is 18.9 Å². The number of benzene rings is 1. The van der Waals surface area contributed by atoms with Crippen LogP contribution in [0, 0.1) is 11.8 Å². The molecule has 1 N–H and O–H groups in total. The largest absolute Gasteiger partial charge is 0.392 e. The molecular formula is C14H18N2O. The molecule has 3 nitrogen and oxygen atoms in total. The summed E-state index contributed by atoms with van der Waals surface area (Å²) in [5.74, 6) is 1.16. The number of rotatable bonds is 3. The molecule has 3 rings (SSSR count). The Labute approximate surface area is 101 Å². The number of fused-ring (bicyclic) bond motifs is 1. The second kappa shape index (κ2) is 3.84. The van der Waals surface area contributed by atoms with Crippen LogP contribution in [0.1, 0.15) is 19.0 Å². The van der Waals surface area contributed by atoms with E-state index in [0.29, 0.717) is 18.3 Å². The zero-order valence-electron chi connectivity index (χ0n) is 10.3. The van der Waals surface area contributed by atoms with Gasteiger partial charge in [0.2, 0.25) is 0 Å². The summed E-state index contributed by atoms with van der Waals surface area (Å²) < 4.78 is 1.90. The fourth-order valence-corrected chi connectivity index (χ4v) is 2.68. The zero-order chi connectivity index (χ0) is 12.0. The standard InChI is InChI=1S/C14H18N2O/c1-9-7-11(9)14(17)8-12-10-5-3-4-6-13(10)16(2)15-12/h3-6,9,11,14,17H,7-8H2,1-2H3. The first kappa shape index (κ1) is 10.8. The Bertz CT molecular complexity index is 546. The highest BCUT2D eigenvalue weighted by molar-refractivity contribution is 5.81. The molecule has 3 heteroatoms. The number of nitrogens with zero attached hydrogens (tertiary/aromatic N) is 2. The minimum atomic E-state index is -0.233. The highest BCUT2D eigenvalue weighted by Crippen LogP contribution is 2.41. The highest BCUT2D eigenvalue weighted by atomic mass is 16.3. The van der Waals surface area contributed by atoms with Gasteiger partial charge in [0.25, 0.3) is 0 Å². The Morgan fingerprint density at radius 1 is 1.47 bits per heavy atom. The van der Waals surface area contributed by atoms with Crippen LogP contribution >= 0.6 is 0 Å². The average molecular weight is 230 g/mol. The van der Waals surface area contributed by atoms with Crippen molar-refractivity contribution in [3.8, 4) is 0 Å². The van der Waals surface area contributed by atoms with Crippen molar-refractivity contribution in [2.24, 2.45) is 18.9 Å². The van der Waals surface area contributed by atoms with Gasteiger partial charge in [-0.1, -0.05) is 25.1 Å². The monoisotopic (exact) mass is 230 g/mol. The average Bonchev–Trinajstić information content (AvgIpc) is 2.97. The van der Waals surface area contributed by atoms with Crippen molar-refractivity contribution in [1.82, 2.24) is 9.78 Å². The molecule has 1 aliphatic carbocycles. The lowest BCUT2D eigenvalue weighted by Crippen LogP contribution is -2.14. The van der Waals surface area contributed by atoms with Crippen LogP contribution in [0.5, 0.6) is 0 Å².